The van der Waals surface area contributed by atoms with Gasteiger partial charge in [-0.2, -0.15) is 5.01 Å². The fourth-order valence-electron chi connectivity index (χ4n) is 3.60. The van der Waals surface area contributed by atoms with Crippen molar-refractivity contribution < 1.29 is 14.3 Å². The van der Waals surface area contributed by atoms with E-state index >= 15 is 0 Å². The number of imide groups is 1. The van der Waals surface area contributed by atoms with Crippen LogP contribution in [0.5, 0.6) is 0 Å². The van der Waals surface area contributed by atoms with Crippen molar-refractivity contribution in [2.24, 2.45) is 0 Å². The van der Waals surface area contributed by atoms with E-state index in [1.54, 1.807) is 12.1 Å². The van der Waals surface area contributed by atoms with E-state index in [4.69, 9.17) is 17.0 Å². The number of morpholine rings is 1. The number of thiocarbonyl (C=S) groups is 1. The van der Waals surface area contributed by atoms with Crippen LogP contribution in [0.15, 0.2) is 36.4 Å². The third-order valence-electron chi connectivity index (χ3n) is 5.03. The second-order valence-electron chi connectivity index (χ2n) is 6.83. The predicted molar refractivity (Wildman–Crippen MR) is 110 cm³/mol. The lowest BCUT2D eigenvalue weighted by Crippen LogP contribution is -2.54. The number of nitrogens with one attached hydrogen (secondary N) is 2. The highest BCUT2D eigenvalue weighted by molar-refractivity contribution is 7.80. The third kappa shape index (κ3) is 3.71. The second kappa shape index (κ2) is 8.22. The summed E-state index contributed by atoms with van der Waals surface area (Å²) in [6.07, 6.45) is 0.909. The first-order valence-corrected chi connectivity index (χ1v) is 9.81. The Balaban J connectivity index is 1.36. The van der Waals surface area contributed by atoms with E-state index in [1.165, 1.54) is 0 Å². The molecule has 2 heterocycles. The molecule has 0 atom stereocenters. The van der Waals surface area contributed by atoms with Crippen molar-refractivity contribution in [2.45, 2.75) is 6.42 Å². The number of carbonyl (C=O) groups excluding carboxylic acids is 2. The standard InChI is InChI=1S/C20H22N4O3S/c25-18-15-6-1-4-14-5-2-7-16(17(14)15)19(26)24(18)22-20(28)21-8-3-9-23-10-12-27-13-11-23/h1-2,4-7H,3,8-13H2,(H2,21,22,28). The molecule has 2 aliphatic rings. The molecule has 0 bridgehead atoms. The Bertz CT molecular complexity index is 876. The number of nitrogens with zero attached hydrogens (tertiary/aromatic N) is 2. The van der Waals surface area contributed by atoms with Gasteiger partial charge in [0.15, 0.2) is 5.11 Å². The number of rotatable bonds is 5. The van der Waals surface area contributed by atoms with Crippen LogP contribution in [0.4, 0.5) is 0 Å². The minimum Gasteiger partial charge on any atom is -0.379 e. The Kier molecular flexibility index (Phi) is 5.52. The predicted octanol–water partition coefficient (Wildman–Crippen LogP) is 1.54. The highest BCUT2D eigenvalue weighted by Gasteiger charge is 2.33. The number of benzene rings is 2. The number of ether oxygens (including phenoxy) is 1. The molecule has 2 aromatic carbocycles. The van der Waals surface area contributed by atoms with Crippen molar-refractivity contribution in [1.82, 2.24) is 20.7 Å². The maximum Gasteiger partial charge on any atom is 0.280 e. The molecule has 2 N–H and O–H groups in total. The Labute approximate surface area is 168 Å². The molecule has 0 unspecified atom stereocenters. The summed E-state index contributed by atoms with van der Waals surface area (Å²) >= 11 is 5.29. The van der Waals surface area contributed by atoms with Crippen LogP contribution in [0.2, 0.25) is 0 Å². The highest BCUT2D eigenvalue weighted by atomic mass is 32.1. The average molecular weight is 398 g/mol. The molecule has 7 nitrogen and oxygen atoms in total. The summed E-state index contributed by atoms with van der Waals surface area (Å²) < 4.78 is 5.34. The van der Waals surface area contributed by atoms with E-state index in [1.807, 2.05) is 24.3 Å². The molecule has 0 saturated carbocycles. The molecule has 0 aliphatic carbocycles. The molecule has 0 spiro atoms. The fraction of sp³-hybridized carbons (Fsp3) is 0.350. The molecule has 0 radical (unpaired) electrons. The first-order valence-electron chi connectivity index (χ1n) is 9.40. The second-order valence-corrected chi connectivity index (χ2v) is 7.24. The summed E-state index contributed by atoms with van der Waals surface area (Å²) in [5, 5.41) is 5.90. The first-order chi connectivity index (χ1) is 13.6. The van der Waals surface area contributed by atoms with Gasteiger partial charge in [-0.05, 0) is 42.7 Å². The van der Waals surface area contributed by atoms with Crippen LogP contribution >= 0.6 is 12.2 Å². The lowest BCUT2D eigenvalue weighted by molar-refractivity contribution is 0.0376. The number of amides is 2. The zero-order chi connectivity index (χ0) is 19.5. The topological polar surface area (TPSA) is 73.9 Å². The van der Waals surface area contributed by atoms with Gasteiger partial charge in [-0.25, -0.2) is 0 Å². The summed E-state index contributed by atoms with van der Waals surface area (Å²) in [7, 11) is 0. The van der Waals surface area contributed by atoms with Crippen molar-refractivity contribution in [3.63, 3.8) is 0 Å². The minimum absolute atomic E-state index is 0.259. The van der Waals surface area contributed by atoms with Gasteiger partial charge in [0.05, 0.1) is 24.3 Å². The van der Waals surface area contributed by atoms with Crippen molar-refractivity contribution >= 4 is 39.9 Å². The Morgan fingerprint density at radius 3 is 2.32 bits per heavy atom. The van der Waals surface area contributed by atoms with Gasteiger partial charge in [-0.1, -0.05) is 24.3 Å². The lowest BCUT2D eigenvalue weighted by atomic mass is 9.95. The third-order valence-corrected chi connectivity index (χ3v) is 5.26. The summed E-state index contributed by atoms with van der Waals surface area (Å²) in [6.45, 7) is 5.07. The van der Waals surface area contributed by atoms with Gasteiger partial charge in [0.25, 0.3) is 11.8 Å². The monoisotopic (exact) mass is 398 g/mol. The molecule has 146 valence electrons. The molecule has 0 aromatic heterocycles. The van der Waals surface area contributed by atoms with Gasteiger partial charge in [-0.3, -0.25) is 19.9 Å². The first kappa shape index (κ1) is 18.8. The van der Waals surface area contributed by atoms with E-state index in [-0.39, 0.29) is 5.11 Å². The largest absolute Gasteiger partial charge is 0.379 e. The molecular formula is C20H22N4O3S. The molecule has 4 rings (SSSR count). The Hall–Kier alpha value is -2.55. The van der Waals surface area contributed by atoms with Gasteiger partial charge in [0, 0.05) is 25.0 Å². The molecule has 2 aromatic rings. The average Bonchev–Trinajstić information content (AvgIpc) is 2.73. The van der Waals surface area contributed by atoms with Crippen molar-refractivity contribution in [1.29, 1.82) is 0 Å². The van der Waals surface area contributed by atoms with E-state index in [2.05, 4.69) is 15.6 Å². The summed E-state index contributed by atoms with van der Waals surface area (Å²) in [6, 6.07) is 10.9. The molecule has 2 amide bonds. The van der Waals surface area contributed by atoms with Crippen LogP contribution in [-0.2, 0) is 4.74 Å². The van der Waals surface area contributed by atoms with E-state index in [0.717, 1.165) is 49.7 Å². The van der Waals surface area contributed by atoms with Crippen LogP contribution < -0.4 is 10.7 Å². The van der Waals surface area contributed by atoms with Crippen LogP contribution in [-0.4, -0.2) is 66.2 Å². The molecule has 8 heteroatoms. The number of carbonyl (C=O) groups is 2. The smallest absolute Gasteiger partial charge is 0.280 e. The van der Waals surface area contributed by atoms with Gasteiger partial charge in [-0.15, -0.1) is 0 Å². The van der Waals surface area contributed by atoms with Gasteiger partial charge in [0.2, 0.25) is 0 Å². The van der Waals surface area contributed by atoms with E-state index in [9.17, 15) is 9.59 Å². The Morgan fingerprint density at radius 1 is 1.04 bits per heavy atom. The quantitative estimate of drug-likeness (QED) is 0.450. The molecule has 1 saturated heterocycles. The van der Waals surface area contributed by atoms with Crippen LogP contribution in [0.1, 0.15) is 27.1 Å². The van der Waals surface area contributed by atoms with Gasteiger partial charge in [0.1, 0.15) is 0 Å². The van der Waals surface area contributed by atoms with Crippen LogP contribution in [0.25, 0.3) is 10.8 Å². The number of hydrogen-bond donors (Lipinski definition) is 2. The van der Waals surface area contributed by atoms with Crippen LogP contribution in [0, 0.1) is 0 Å². The summed E-state index contributed by atoms with van der Waals surface area (Å²) in [4.78, 5) is 28.0. The molecule has 2 aliphatic heterocycles. The lowest BCUT2D eigenvalue weighted by Gasteiger charge is -2.28. The van der Waals surface area contributed by atoms with Gasteiger partial charge >= 0.3 is 0 Å². The number of hydrogen-bond acceptors (Lipinski definition) is 5. The molecule has 28 heavy (non-hydrogen) atoms. The zero-order valence-electron chi connectivity index (χ0n) is 15.4. The van der Waals surface area contributed by atoms with E-state index in [0.29, 0.717) is 23.1 Å². The van der Waals surface area contributed by atoms with E-state index < -0.39 is 11.8 Å². The minimum atomic E-state index is -0.397. The Morgan fingerprint density at radius 2 is 1.68 bits per heavy atom. The highest BCUT2D eigenvalue weighted by Crippen LogP contribution is 2.29. The van der Waals surface area contributed by atoms with Gasteiger partial charge < -0.3 is 10.1 Å². The van der Waals surface area contributed by atoms with Crippen molar-refractivity contribution in [2.75, 3.05) is 39.4 Å². The van der Waals surface area contributed by atoms with Crippen LogP contribution in [0.3, 0.4) is 0 Å². The normalized spacial score (nSPS) is 17.1. The SMILES string of the molecule is O=C1c2cccc3cccc(c23)C(=O)N1NC(=S)NCCCN1CCOCC1. The maximum absolute atomic E-state index is 12.8. The summed E-state index contributed by atoms with van der Waals surface area (Å²) in [5.74, 6) is -0.793. The molecule has 1 fully saturated rings. The number of hydrazine groups is 1. The fourth-order valence-corrected chi connectivity index (χ4v) is 3.80. The zero-order valence-corrected chi connectivity index (χ0v) is 16.3. The maximum atomic E-state index is 12.8. The van der Waals surface area contributed by atoms with Crippen molar-refractivity contribution in [3.05, 3.63) is 47.5 Å². The van der Waals surface area contributed by atoms with Crippen molar-refractivity contribution in [3.8, 4) is 0 Å². The summed E-state index contributed by atoms with van der Waals surface area (Å²) in [5.41, 5.74) is 3.75. The molecular weight excluding hydrogens is 376 g/mol.